The number of carbonyl (C=O) groups excluding carboxylic acids is 2. The lowest BCUT2D eigenvalue weighted by Crippen LogP contribution is -2.32. The minimum Gasteiger partial charge on any atom is -0.482 e. The number of nitrogens with zero attached hydrogens (tertiary/aromatic N) is 1. The maximum atomic E-state index is 12.5. The first-order chi connectivity index (χ1) is 13.9. The molecule has 2 amide bonds. The van der Waals surface area contributed by atoms with Gasteiger partial charge < -0.3 is 21.1 Å². The van der Waals surface area contributed by atoms with Gasteiger partial charge in [0.05, 0.1) is 18.4 Å². The highest BCUT2D eigenvalue weighted by Crippen LogP contribution is 2.21. The summed E-state index contributed by atoms with van der Waals surface area (Å²) in [4.78, 5) is 28.2. The van der Waals surface area contributed by atoms with Gasteiger partial charge in [0, 0.05) is 11.5 Å². The van der Waals surface area contributed by atoms with Crippen molar-refractivity contribution in [3.63, 3.8) is 0 Å². The smallest absolute Gasteiger partial charge is 0.422 e. The van der Waals surface area contributed by atoms with Gasteiger partial charge in [-0.05, 0) is 31.1 Å². The second-order valence-electron chi connectivity index (χ2n) is 6.84. The Morgan fingerprint density at radius 2 is 2.00 bits per heavy atom. The second-order valence-corrected chi connectivity index (χ2v) is 6.84. The first-order valence-corrected chi connectivity index (χ1v) is 9.34. The van der Waals surface area contributed by atoms with E-state index in [-0.39, 0.29) is 35.5 Å². The Balaban J connectivity index is 2.77. The maximum Gasteiger partial charge on any atom is 0.422 e. The first kappa shape index (κ1) is 25.0. The summed E-state index contributed by atoms with van der Waals surface area (Å²) in [5.41, 5.74) is 6.96. The molecule has 0 radical (unpaired) electrons. The van der Waals surface area contributed by atoms with Crippen LogP contribution in [0, 0.1) is 12.8 Å². The van der Waals surface area contributed by atoms with Crippen LogP contribution in [0.5, 0.6) is 5.75 Å². The van der Waals surface area contributed by atoms with E-state index in [1.807, 2.05) is 6.92 Å². The number of halogens is 3. The molecule has 4 N–H and O–H groups in total. The van der Waals surface area contributed by atoms with Crippen LogP contribution < -0.4 is 21.1 Å². The SMILES string of the molecule is CC/C=C(\C=C(/N)NC(=O)C(C)C)C(=O)NCc1cc(C)c(OCC(F)(F)F)cn1. The van der Waals surface area contributed by atoms with Crippen LogP contribution in [0.25, 0.3) is 0 Å². The largest absolute Gasteiger partial charge is 0.482 e. The molecule has 10 heteroatoms. The normalized spacial score (nSPS) is 12.7. The van der Waals surface area contributed by atoms with Crippen LogP contribution >= 0.6 is 0 Å². The van der Waals surface area contributed by atoms with Gasteiger partial charge in [0.1, 0.15) is 11.6 Å². The summed E-state index contributed by atoms with van der Waals surface area (Å²) in [5.74, 6) is -0.904. The number of hydrogen-bond donors (Lipinski definition) is 3. The van der Waals surface area contributed by atoms with E-state index in [0.717, 1.165) is 0 Å². The Morgan fingerprint density at radius 1 is 1.33 bits per heavy atom. The van der Waals surface area contributed by atoms with Gasteiger partial charge in [-0.15, -0.1) is 0 Å². The predicted molar refractivity (Wildman–Crippen MR) is 106 cm³/mol. The summed E-state index contributed by atoms with van der Waals surface area (Å²) >= 11 is 0. The zero-order valence-corrected chi connectivity index (χ0v) is 17.4. The van der Waals surface area contributed by atoms with Crippen LogP contribution in [0.1, 0.15) is 38.4 Å². The van der Waals surface area contributed by atoms with Crippen LogP contribution in [0.15, 0.2) is 35.8 Å². The van der Waals surface area contributed by atoms with Gasteiger partial charge in [0.15, 0.2) is 6.61 Å². The van der Waals surface area contributed by atoms with Crippen molar-refractivity contribution in [3.05, 3.63) is 47.1 Å². The highest BCUT2D eigenvalue weighted by atomic mass is 19.4. The van der Waals surface area contributed by atoms with Gasteiger partial charge in [-0.3, -0.25) is 14.6 Å². The highest BCUT2D eigenvalue weighted by Gasteiger charge is 2.28. The van der Waals surface area contributed by atoms with Gasteiger partial charge >= 0.3 is 6.18 Å². The molecule has 1 aromatic heterocycles. The molecular formula is C20H27F3N4O3. The number of carbonyl (C=O) groups is 2. The lowest BCUT2D eigenvalue weighted by Gasteiger charge is -2.12. The second kappa shape index (κ2) is 11.2. The number of aryl methyl sites for hydroxylation is 1. The summed E-state index contributed by atoms with van der Waals surface area (Å²) in [6.07, 6.45) is 0.325. The van der Waals surface area contributed by atoms with Crippen molar-refractivity contribution in [2.45, 2.75) is 46.8 Å². The van der Waals surface area contributed by atoms with E-state index in [0.29, 0.717) is 17.7 Å². The van der Waals surface area contributed by atoms with E-state index in [9.17, 15) is 22.8 Å². The number of aromatic nitrogens is 1. The van der Waals surface area contributed by atoms with Crippen molar-refractivity contribution in [2.24, 2.45) is 11.7 Å². The van der Waals surface area contributed by atoms with E-state index in [4.69, 9.17) is 10.5 Å². The van der Waals surface area contributed by atoms with Crippen LogP contribution in [0.4, 0.5) is 13.2 Å². The lowest BCUT2D eigenvalue weighted by atomic mass is 10.1. The molecule has 0 aromatic carbocycles. The molecule has 0 unspecified atom stereocenters. The summed E-state index contributed by atoms with van der Waals surface area (Å²) < 4.78 is 41.5. The number of nitrogens with one attached hydrogen (secondary N) is 2. The molecule has 1 aromatic rings. The Kier molecular flexibility index (Phi) is 9.35. The molecule has 0 aliphatic carbocycles. The van der Waals surface area contributed by atoms with Crippen molar-refractivity contribution >= 4 is 11.8 Å². The number of hydrogen-bond acceptors (Lipinski definition) is 5. The van der Waals surface area contributed by atoms with Gasteiger partial charge in [-0.1, -0.05) is 26.8 Å². The number of rotatable bonds is 9. The third kappa shape index (κ3) is 8.97. The van der Waals surface area contributed by atoms with Crippen LogP contribution in [0.2, 0.25) is 0 Å². The molecule has 0 atom stereocenters. The number of amides is 2. The fourth-order valence-corrected chi connectivity index (χ4v) is 2.21. The molecule has 166 valence electrons. The van der Waals surface area contributed by atoms with Crippen LogP contribution in [0.3, 0.4) is 0 Å². The van der Waals surface area contributed by atoms with Gasteiger partial charge in [0.25, 0.3) is 5.91 Å². The third-order valence-corrected chi connectivity index (χ3v) is 3.73. The zero-order valence-electron chi connectivity index (χ0n) is 17.4. The number of nitrogens with two attached hydrogens (primary N) is 1. The van der Waals surface area contributed by atoms with Crippen molar-refractivity contribution < 1.29 is 27.5 Å². The molecule has 0 aliphatic heterocycles. The Bertz CT molecular complexity index is 818. The molecule has 0 saturated carbocycles. The topological polar surface area (TPSA) is 106 Å². The molecule has 0 spiro atoms. The predicted octanol–water partition coefficient (Wildman–Crippen LogP) is 2.86. The minimum absolute atomic E-state index is 0.0190. The molecule has 1 rings (SSSR count). The van der Waals surface area contributed by atoms with Gasteiger partial charge in [0.2, 0.25) is 5.91 Å². The standard InChI is InChI=1S/C20H27F3N4O3/c1-5-6-14(8-17(24)27-18(28)12(2)3)19(29)26-9-15-7-13(4)16(10-25-15)30-11-20(21,22)23/h6-8,10,12H,5,9,11,24H2,1-4H3,(H,26,29)(H,27,28)/b14-6+,17-8+. The average Bonchev–Trinajstić information content (AvgIpc) is 2.64. The van der Waals surface area contributed by atoms with E-state index in [1.165, 1.54) is 18.3 Å². The summed E-state index contributed by atoms with van der Waals surface area (Å²) in [5, 5.41) is 5.17. The Labute approximate surface area is 173 Å². The fourth-order valence-electron chi connectivity index (χ4n) is 2.21. The number of ether oxygens (including phenoxy) is 1. The summed E-state index contributed by atoms with van der Waals surface area (Å²) in [6.45, 7) is 5.50. The summed E-state index contributed by atoms with van der Waals surface area (Å²) in [7, 11) is 0. The van der Waals surface area contributed by atoms with Crippen molar-refractivity contribution in [1.29, 1.82) is 0 Å². The Morgan fingerprint density at radius 3 is 2.53 bits per heavy atom. The molecule has 0 saturated heterocycles. The van der Waals surface area contributed by atoms with E-state index >= 15 is 0 Å². The molecule has 1 heterocycles. The summed E-state index contributed by atoms with van der Waals surface area (Å²) in [6, 6.07) is 1.53. The zero-order chi connectivity index (χ0) is 22.9. The maximum absolute atomic E-state index is 12.5. The number of alkyl halides is 3. The number of allylic oxidation sites excluding steroid dienone is 1. The minimum atomic E-state index is -4.44. The monoisotopic (exact) mass is 428 g/mol. The van der Waals surface area contributed by atoms with E-state index < -0.39 is 18.7 Å². The molecule has 0 bridgehead atoms. The van der Waals surface area contributed by atoms with Crippen molar-refractivity contribution in [1.82, 2.24) is 15.6 Å². The average molecular weight is 428 g/mol. The number of pyridine rings is 1. The molecule has 0 aliphatic rings. The van der Waals surface area contributed by atoms with Gasteiger partial charge in [-0.2, -0.15) is 13.2 Å². The van der Waals surface area contributed by atoms with E-state index in [1.54, 1.807) is 26.8 Å². The van der Waals surface area contributed by atoms with Crippen molar-refractivity contribution in [2.75, 3.05) is 6.61 Å². The van der Waals surface area contributed by atoms with E-state index in [2.05, 4.69) is 15.6 Å². The van der Waals surface area contributed by atoms with Crippen LogP contribution in [-0.4, -0.2) is 29.6 Å². The van der Waals surface area contributed by atoms with Gasteiger partial charge in [-0.25, -0.2) is 0 Å². The lowest BCUT2D eigenvalue weighted by molar-refractivity contribution is -0.153. The highest BCUT2D eigenvalue weighted by molar-refractivity contribution is 5.96. The van der Waals surface area contributed by atoms with Crippen LogP contribution in [-0.2, 0) is 16.1 Å². The molecular weight excluding hydrogens is 401 g/mol. The quantitative estimate of drug-likeness (QED) is 0.414. The first-order valence-electron chi connectivity index (χ1n) is 9.34. The third-order valence-electron chi connectivity index (χ3n) is 3.73. The van der Waals surface area contributed by atoms with Crippen molar-refractivity contribution in [3.8, 4) is 5.75 Å². The Hall–Kier alpha value is -3.04. The molecule has 0 fully saturated rings. The fraction of sp³-hybridized carbons (Fsp3) is 0.450. The molecule has 7 nitrogen and oxygen atoms in total. The molecule has 30 heavy (non-hydrogen) atoms.